The molecule has 136 valence electrons. The highest BCUT2D eigenvalue weighted by molar-refractivity contribution is 7.13. The van der Waals surface area contributed by atoms with Crippen molar-refractivity contribution in [1.82, 2.24) is 15.2 Å². The molecular formula is C18H20N4O3S. The Morgan fingerprint density at radius 3 is 2.46 bits per heavy atom. The number of nitrogens with one attached hydrogen (secondary N) is 2. The smallest absolute Gasteiger partial charge is 0.325 e. The number of aromatic nitrogens is 1. The fourth-order valence-electron chi connectivity index (χ4n) is 2.96. The number of hydrogen-bond donors (Lipinski definition) is 2. The van der Waals surface area contributed by atoms with Gasteiger partial charge < -0.3 is 10.6 Å². The molecule has 1 fully saturated rings. The first kappa shape index (κ1) is 18.1. The lowest BCUT2D eigenvalue weighted by Gasteiger charge is -2.23. The predicted octanol–water partition coefficient (Wildman–Crippen LogP) is 2.86. The molecule has 0 unspecified atom stereocenters. The molecule has 1 saturated heterocycles. The maximum Gasteiger partial charge on any atom is 0.325 e. The second kappa shape index (κ2) is 7.25. The van der Waals surface area contributed by atoms with Gasteiger partial charge in [-0.25, -0.2) is 9.78 Å². The van der Waals surface area contributed by atoms with Crippen molar-refractivity contribution in [3.8, 4) is 10.6 Å². The standard InChI is InChI=1S/C18H20N4O3S/c1-3-18(4-2)16(24)22(17(25)21-18)11-14(23)20-13-7-5-12(6-8-13)15-19-9-10-26-15/h5-10H,3-4,11H2,1-2H3,(H,20,23)(H,21,25). The average Bonchev–Trinajstić information content (AvgIpc) is 3.25. The van der Waals surface area contributed by atoms with Gasteiger partial charge in [0.05, 0.1) is 0 Å². The van der Waals surface area contributed by atoms with Crippen LogP contribution in [0.15, 0.2) is 35.8 Å². The van der Waals surface area contributed by atoms with Crippen molar-refractivity contribution < 1.29 is 14.4 Å². The Balaban J connectivity index is 1.64. The molecule has 26 heavy (non-hydrogen) atoms. The number of carbonyl (C=O) groups excluding carboxylic acids is 3. The molecule has 0 radical (unpaired) electrons. The Bertz CT molecular complexity index is 813. The Kier molecular flexibility index (Phi) is 5.03. The SMILES string of the molecule is CCC1(CC)NC(=O)N(CC(=O)Nc2ccc(-c3nccs3)cc2)C1=O. The topological polar surface area (TPSA) is 91.4 Å². The summed E-state index contributed by atoms with van der Waals surface area (Å²) in [4.78, 5) is 42.1. The van der Waals surface area contributed by atoms with Gasteiger partial charge in [-0.2, -0.15) is 0 Å². The van der Waals surface area contributed by atoms with E-state index < -0.39 is 17.5 Å². The Hall–Kier alpha value is -2.74. The number of carbonyl (C=O) groups is 3. The number of imide groups is 1. The van der Waals surface area contributed by atoms with Gasteiger partial charge in [0.15, 0.2) is 0 Å². The van der Waals surface area contributed by atoms with E-state index in [1.807, 2.05) is 31.4 Å². The lowest BCUT2D eigenvalue weighted by Crippen LogP contribution is -2.46. The molecule has 1 aromatic heterocycles. The van der Waals surface area contributed by atoms with Crippen LogP contribution in [0.5, 0.6) is 0 Å². The van der Waals surface area contributed by atoms with Gasteiger partial charge in [0.1, 0.15) is 17.1 Å². The Labute approximate surface area is 155 Å². The second-order valence-electron chi connectivity index (χ2n) is 6.07. The minimum atomic E-state index is -0.896. The third kappa shape index (κ3) is 3.32. The third-order valence-electron chi connectivity index (χ3n) is 4.60. The first-order valence-electron chi connectivity index (χ1n) is 8.43. The summed E-state index contributed by atoms with van der Waals surface area (Å²) in [6.45, 7) is 3.38. The highest BCUT2D eigenvalue weighted by Gasteiger charge is 2.49. The number of nitrogens with zero attached hydrogens (tertiary/aromatic N) is 2. The van der Waals surface area contributed by atoms with E-state index in [0.717, 1.165) is 15.5 Å². The number of amides is 4. The minimum absolute atomic E-state index is 0.305. The van der Waals surface area contributed by atoms with E-state index in [1.54, 1.807) is 18.3 Å². The van der Waals surface area contributed by atoms with Gasteiger partial charge in [-0.1, -0.05) is 13.8 Å². The Morgan fingerprint density at radius 2 is 1.92 bits per heavy atom. The van der Waals surface area contributed by atoms with Crippen molar-refractivity contribution in [2.45, 2.75) is 32.2 Å². The highest BCUT2D eigenvalue weighted by atomic mass is 32.1. The molecule has 7 nitrogen and oxygen atoms in total. The molecule has 1 aliphatic rings. The average molecular weight is 372 g/mol. The third-order valence-corrected chi connectivity index (χ3v) is 5.42. The molecular weight excluding hydrogens is 352 g/mol. The van der Waals surface area contributed by atoms with Gasteiger partial charge in [-0.15, -0.1) is 11.3 Å². The van der Waals surface area contributed by atoms with Gasteiger partial charge in [-0.05, 0) is 37.1 Å². The quantitative estimate of drug-likeness (QED) is 0.763. The molecule has 1 aromatic carbocycles. The van der Waals surface area contributed by atoms with Crippen molar-refractivity contribution in [3.63, 3.8) is 0 Å². The summed E-state index contributed by atoms with van der Waals surface area (Å²) in [5, 5.41) is 8.23. The van der Waals surface area contributed by atoms with E-state index >= 15 is 0 Å². The highest BCUT2D eigenvalue weighted by Crippen LogP contribution is 2.25. The van der Waals surface area contributed by atoms with Crippen LogP contribution in [0.4, 0.5) is 10.5 Å². The number of urea groups is 1. The predicted molar refractivity (Wildman–Crippen MR) is 99.7 cm³/mol. The van der Waals surface area contributed by atoms with Crippen molar-refractivity contribution in [2.75, 3.05) is 11.9 Å². The van der Waals surface area contributed by atoms with Crippen LogP contribution in [-0.4, -0.2) is 39.8 Å². The lowest BCUT2D eigenvalue weighted by molar-refractivity contribution is -0.134. The van der Waals surface area contributed by atoms with Crippen molar-refractivity contribution in [3.05, 3.63) is 35.8 Å². The first-order chi connectivity index (χ1) is 12.5. The lowest BCUT2D eigenvalue weighted by atomic mass is 9.93. The normalized spacial score (nSPS) is 15.8. The summed E-state index contributed by atoms with van der Waals surface area (Å²) in [5.74, 6) is -0.764. The maximum atomic E-state index is 12.5. The van der Waals surface area contributed by atoms with Crippen LogP contribution in [0.25, 0.3) is 10.6 Å². The van der Waals surface area contributed by atoms with Crippen LogP contribution < -0.4 is 10.6 Å². The van der Waals surface area contributed by atoms with Crippen LogP contribution in [0.3, 0.4) is 0 Å². The first-order valence-corrected chi connectivity index (χ1v) is 9.31. The van der Waals surface area contributed by atoms with Gasteiger partial charge in [0.25, 0.3) is 5.91 Å². The van der Waals surface area contributed by atoms with E-state index in [0.29, 0.717) is 18.5 Å². The van der Waals surface area contributed by atoms with E-state index in [1.165, 1.54) is 11.3 Å². The summed E-state index contributed by atoms with van der Waals surface area (Å²) in [6, 6.07) is 6.74. The van der Waals surface area contributed by atoms with Crippen LogP contribution in [0.2, 0.25) is 0 Å². The molecule has 2 N–H and O–H groups in total. The summed E-state index contributed by atoms with van der Waals surface area (Å²) >= 11 is 1.53. The van der Waals surface area contributed by atoms with E-state index in [4.69, 9.17) is 0 Å². The van der Waals surface area contributed by atoms with E-state index in [2.05, 4.69) is 15.6 Å². The summed E-state index contributed by atoms with van der Waals surface area (Å²) in [5.41, 5.74) is 0.662. The molecule has 8 heteroatoms. The molecule has 0 atom stereocenters. The number of thiazole rings is 1. The fraction of sp³-hybridized carbons (Fsp3) is 0.333. The molecule has 0 aliphatic carbocycles. The van der Waals surface area contributed by atoms with Gasteiger partial charge in [0, 0.05) is 22.8 Å². The summed E-state index contributed by atoms with van der Waals surface area (Å²) in [7, 11) is 0. The fourth-order valence-corrected chi connectivity index (χ4v) is 3.60. The molecule has 1 aliphatic heterocycles. The van der Waals surface area contributed by atoms with Crippen LogP contribution in [-0.2, 0) is 9.59 Å². The number of hydrogen-bond acceptors (Lipinski definition) is 5. The Morgan fingerprint density at radius 1 is 1.23 bits per heavy atom. The minimum Gasteiger partial charge on any atom is -0.325 e. The van der Waals surface area contributed by atoms with Crippen LogP contribution in [0, 0.1) is 0 Å². The second-order valence-corrected chi connectivity index (χ2v) is 6.97. The van der Waals surface area contributed by atoms with Gasteiger partial charge >= 0.3 is 6.03 Å². The van der Waals surface area contributed by atoms with Crippen LogP contribution in [0.1, 0.15) is 26.7 Å². The van der Waals surface area contributed by atoms with Crippen molar-refractivity contribution in [2.24, 2.45) is 0 Å². The van der Waals surface area contributed by atoms with Crippen molar-refractivity contribution in [1.29, 1.82) is 0 Å². The van der Waals surface area contributed by atoms with Gasteiger partial charge in [0.2, 0.25) is 5.91 Å². The van der Waals surface area contributed by atoms with Crippen molar-refractivity contribution >= 4 is 34.9 Å². The van der Waals surface area contributed by atoms with E-state index in [-0.39, 0.29) is 12.5 Å². The zero-order chi connectivity index (χ0) is 18.7. The zero-order valence-electron chi connectivity index (χ0n) is 14.6. The molecule has 0 spiro atoms. The zero-order valence-corrected chi connectivity index (χ0v) is 15.4. The summed E-state index contributed by atoms with van der Waals surface area (Å²) in [6.07, 6.45) is 2.72. The number of benzene rings is 1. The maximum absolute atomic E-state index is 12.5. The largest absolute Gasteiger partial charge is 0.325 e. The summed E-state index contributed by atoms with van der Waals surface area (Å²) < 4.78 is 0. The molecule has 0 saturated carbocycles. The molecule has 0 bridgehead atoms. The molecule has 3 rings (SSSR count). The molecule has 2 aromatic rings. The molecule has 2 heterocycles. The van der Waals surface area contributed by atoms with E-state index in [9.17, 15) is 14.4 Å². The monoisotopic (exact) mass is 372 g/mol. The molecule has 4 amide bonds. The number of anilines is 1. The van der Waals surface area contributed by atoms with Crippen LogP contribution >= 0.6 is 11.3 Å². The number of rotatable bonds is 6. The van der Waals surface area contributed by atoms with Gasteiger partial charge in [-0.3, -0.25) is 14.5 Å².